The van der Waals surface area contributed by atoms with Gasteiger partial charge in [0.25, 0.3) is 11.8 Å². The minimum Gasteiger partial charge on any atom is -0.493 e. The van der Waals surface area contributed by atoms with Crippen LogP contribution in [0.5, 0.6) is 5.75 Å². The summed E-state index contributed by atoms with van der Waals surface area (Å²) < 4.78 is 11.7. The summed E-state index contributed by atoms with van der Waals surface area (Å²) in [6, 6.07) is 15.5. The maximum Gasteiger partial charge on any atom is 0.363 e. The molecule has 0 aliphatic carbocycles. The summed E-state index contributed by atoms with van der Waals surface area (Å²) in [5, 5.41) is 9.29. The van der Waals surface area contributed by atoms with Gasteiger partial charge in [0.1, 0.15) is 0 Å². The normalized spacial score (nSPS) is 10.2. The summed E-state index contributed by atoms with van der Waals surface area (Å²) in [6.45, 7) is -0.503. The number of carbonyl (C=O) groups excluding carboxylic acids is 3. The lowest BCUT2D eigenvalue weighted by atomic mass is 10.2. The number of carbonyl (C=O) groups is 3. The smallest absolute Gasteiger partial charge is 0.363 e. The number of esters is 1. The van der Waals surface area contributed by atoms with Gasteiger partial charge >= 0.3 is 5.97 Å². The predicted molar refractivity (Wildman–Crippen MR) is 109 cm³/mol. The van der Waals surface area contributed by atoms with E-state index in [-0.39, 0.29) is 17.4 Å². The van der Waals surface area contributed by atoms with Gasteiger partial charge in [-0.15, -0.1) is 0 Å². The van der Waals surface area contributed by atoms with Crippen molar-refractivity contribution in [3.63, 3.8) is 0 Å². The summed E-state index contributed by atoms with van der Waals surface area (Å²) in [4.78, 5) is 36.0. The van der Waals surface area contributed by atoms with E-state index in [4.69, 9.17) is 9.47 Å². The number of anilines is 1. The van der Waals surface area contributed by atoms with Crippen LogP contribution in [0.25, 0.3) is 5.69 Å². The molecule has 154 valence electrons. The second-order valence-electron chi connectivity index (χ2n) is 6.11. The van der Waals surface area contributed by atoms with Crippen LogP contribution in [0.15, 0.2) is 60.8 Å². The third-order valence-electron chi connectivity index (χ3n) is 4.11. The van der Waals surface area contributed by atoms with E-state index in [9.17, 15) is 14.4 Å². The monoisotopic (exact) mass is 408 g/mol. The molecule has 3 aromatic rings. The lowest BCUT2D eigenvalue weighted by molar-refractivity contribution is -0.119. The van der Waals surface area contributed by atoms with E-state index in [1.54, 1.807) is 30.5 Å². The highest BCUT2D eigenvalue weighted by Crippen LogP contribution is 2.20. The van der Waals surface area contributed by atoms with E-state index in [2.05, 4.69) is 15.7 Å². The van der Waals surface area contributed by atoms with Crippen LogP contribution in [0, 0.1) is 0 Å². The van der Waals surface area contributed by atoms with Crippen molar-refractivity contribution in [1.29, 1.82) is 0 Å². The molecule has 2 amide bonds. The van der Waals surface area contributed by atoms with Gasteiger partial charge in [-0.05, 0) is 36.4 Å². The molecule has 3 rings (SSSR count). The highest BCUT2D eigenvalue weighted by molar-refractivity contribution is 5.97. The van der Waals surface area contributed by atoms with Crippen LogP contribution in [0.4, 0.5) is 5.69 Å². The number of aromatic nitrogens is 2. The number of ether oxygens (including phenoxy) is 2. The Bertz CT molecular complexity index is 1050. The Hall–Kier alpha value is -4.14. The summed E-state index contributed by atoms with van der Waals surface area (Å²) in [7, 11) is 2.95. The first-order valence-corrected chi connectivity index (χ1v) is 9.00. The number of amides is 2. The standard InChI is InChI=1S/C21H20N4O5/c1-22-20(27)14-8-10-15(11-9-14)23-18(26)13-30-21(28)19-17(29-2)12-25(24-19)16-6-4-3-5-7-16/h3-12H,13H2,1-2H3,(H,22,27)(H,23,26). The molecular formula is C21H20N4O5. The van der Waals surface area contributed by atoms with Crippen molar-refractivity contribution in [1.82, 2.24) is 15.1 Å². The molecule has 0 radical (unpaired) electrons. The topological polar surface area (TPSA) is 112 Å². The molecule has 0 bridgehead atoms. The zero-order valence-electron chi connectivity index (χ0n) is 16.4. The van der Waals surface area contributed by atoms with Crippen LogP contribution in [0.2, 0.25) is 0 Å². The largest absolute Gasteiger partial charge is 0.493 e. The lowest BCUT2D eigenvalue weighted by Crippen LogP contribution is -2.21. The maximum atomic E-state index is 12.4. The molecule has 9 nitrogen and oxygen atoms in total. The Morgan fingerprint density at radius 3 is 2.37 bits per heavy atom. The number of benzene rings is 2. The first-order chi connectivity index (χ1) is 14.5. The number of nitrogens with one attached hydrogen (secondary N) is 2. The Kier molecular flexibility index (Phi) is 6.43. The van der Waals surface area contributed by atoms with Crippen molar-refractivity contribution in [2.75, 3.05) is 26.1 Å². The van der Waals surface area contributed by atoms with Crippen molar-refractivity contribution in [3.05, 3.63) is 72.1 Å². The van der Waals surface area contributed by atoms with Crippen LogP contribution in [-0.4, -0.2) is 48.3 Å². The van der Waals surface area contributed by atoms with E-state index in [0.717, 1.165) is 5.69 Å². The predicted octanol–water partition coefficient (Wildman–Crippen LogP) is 2.04. The molecule has 9 heteroatoms. The highest BCUT2D eigenvalue weighted by atomic mass is 16.5. The first kappa shape index (κ1) is 20.6. The van der Waals surface area contributed by atoms with E-state index >= 15 is 0 Å². The minimum atomic E-state index is -0.786. The molecule has 0 aliphatic heterocycles. The Morgan fingerprint density at radius 2 is 1.73 bits per heavy atom. The van der Waals surface area contributed by atoms with Crippen LogP contribution in [0.1, 0.15) is 20.8 Å². The van der Waals surface area contributed by atoms with Crippen molar-refractivity contribution in [3.8, 4) is 11.4 Å². The molecular weight excluding hydrogens is 388 g/mol. The fourth-order valence-corrected chi connectivity index (χ4v) is 2.61. The minimum absolute atomic E-state index is 0.0379. The van der Waals surface area contributed by atoms with Crippen LogP contribution in [-0.2, 0) is 9.53 Å². The van der Waals surface area contributed by atoms with Crippen molar-refractivity contribution in [2.24, 2.45) is 0 Å². The number of para-hydroxylation sites is 1. The zero-order valence-corrected chi connectivity index (χ0v) is 16.4. The van der Waals surface area contributed by atoms with E-state index < -0.39 is 18.5 Å². The average Bonchev–Trinajstić information content (AvgIpc) is 3.23. The third-order valence-corrected chi connectivity index (χ3v) is 4.11. The fourth-order valence-electron chi connectivity index (χ4n) is 2.61. The van der Waals surface area contributed by atoms with Crippen molar-refractivity contribution >= 4 is 23.5 Å². The summed E-state index contributed by atoms with van der Waals surface area (Å²) in [6.07, 6.45) is 1.56. The van der Waals surface area contributed by atoms with Crippen LogP contribution >= 0.6 is 0 Å². The molecule has 2 aromatic carbocycles. The molecule has 0 aliphatic rings. The summed E-state index contributed by atoms with van der Waals surface area (Å²) in [5.74, 6) is -1.32. The molecule has 2 N–H and O–H groups in total. The Balaban J connectivity index is 1.60. The van der Waals surface area contributed by atoms with Crippen molar-refractivity contribution in [2.45, 2.75) is 0 Å². The highest BCUT2D eigenvalue weighted by Gasteiger charge is 2.21. The van der Waals surface area contributed by atoms with Gasteiger partial charge in [-0.2, -0.15) is 5.10 Å². The second-order valence-corrected chi connectivity index (χ2v) is 6.11. The quantitative estimate of drug-likeness (QED) is 0.579. The van der Waals surface area contributed by atoms with E-state index in [0.29, 0.717) is 11.3 Å². The van der Waals surface area contributed by atoms with E-state index in [1.807, 2.05) is 30.3 Å². The van der Waals surface area contributed by atoms with Gasteiger partial charge in [0.05, 0.1) is 19.0 Å². The molecule has 0 unspecified atom stereocenters. The van der Waals surface area contributed by atoms with Gasteiger partial charge in [0, 0.05) is 18.3 Å². The van der Waals surface area contributed by atoms with Gasteiger partial charge < -0.3 is 20.1 Å². The molecule has 1 heterocycles. The molecule has 0 fully saturated rings. The van der Waals surface area contributed by atoms with Gasteiger partial charge in [-0.25, -0.2) is 9.48 Å². The SMILES string of the molecule is CNC(=O)c1ccc(NC(=O)COC(=O)c2nn(-c3ccccc3)cc2OC)cc1. The van der Waals surface area contributed by atoms with Gasteiger partial charge in [-0.1, -0.05) is 18.2 Å². The molecule has 1 aromatic heterocycles. The molecule has 30 heavy (non-hydrogen) atoms. The van der Waals surface area contributed by atoms with E-state index in [1.165, 1.54) is 18.8 Å². The maximum absolute atomic E-state index is 12.4. The first-order valence-electron chi connectivity index (χ1n) is 9.00. The number of nitrogens with zero attached hydrogens (tertiary/aromatic N) is 2. The van der Waals surface area contributed by atoms with Crippen LogP contribution in [0.3, 0.4) is 0 Å². The average molecular weight is 408 g/mol. The Morgan fingerprint density at radius 1 is 1.03 bits per heavy atom. The number of hydrogen-bond acceptors (Lipinski definition) is 6. The summed E-state index contributed by atoms with van der Waals surface area (Å²) >= 11 is 0. The summed E-state index contributed by atoms with van der Waals surface area (Å²) in [5.41, 5.74) is 1.63. The number of rotatable bonds is 7. The van der Waals surface area contributed by atoms with Gasteiger partial charge in [0.15, 0.2) is 12.4 Å². The van der Waals surface area contributed by atoms with Crippen molar-refractivity contribution < 1.29 is 23.9 Å². The number of hydrogen-bond donors (Lipinski definition) is 2. The van der Waals surface area contributed by atoms with Crippen LogP contribution < -0.4 is 15.4 Å². The molecule has 0 spiro atoms. The fraction of sp³-hybridized carbons (Fsp3) is 0.143. The zero-order chi connectivity index (χ0) is 21.5. The molecule has 0 saturated heterocycles. The van der Waals surface area contributed by atoms with Gasteiger partial charge in [-0.3, -0.25) is 9.59 Å². The Labute approximate surface area is 172 Å². The molecule has 0 atom stereocenters. The lowest BCUT2D eigenvalue weighted by Gasteiger charge is -2.07. The third kappa shape index (κ3) is 4.82. The number of methoxy groups -OCH3 is 1. The van der Waals surface area contributed by atoms with Gasteiger partial charge in [0.2, 0.25) is 5.69 Å². The second kappa shape index (κ2) is 9.37. The molecule has 0 saturated carbocycles.